The van der Waals surface area contributed by atoms with Crippen LogP contribution < -0.4 is 0 Å². The molecule has 0 aliphatic carbocycles. The fourth-order valence-electron chi connectivity index (χ4n) is 3.89. The molecule has 0 aromatic rings. The van der Waals surface area contributed by atoms with Gasteiger partial charge in [0, 0.05) is 12.8 Å². The van der Waals surface area contributed by atoms with E-state index in [0.29, 0.717) is 18.8 Å². The number of piperidine rings is 3. The molecule has 0 unspecified atom stereocenters. The Morgan fingerprint density at radius 3 is 1.85 bits per heavy atom. The van der Waals surface area contributed by atoms with Crippen LogP contribution in [0.5, 0.6) is 0 Å². The number of nitrogens with zero attached hydrogens (tertiary/aromatic N) is 1. The van der Waals surface area contributed by atoms with E-state index in [1.165, 1.54) is 12.8 Å². The highest BCUT2D eigenvalue weighted by atomic mass is 16.2. The molecular weight excluding hydrogens is 250 g/mol. The van der Waals surface area contributed by atoms with Crippen LogP contribution in [0, 0.1) is 5.92 Å². The molecule has 2 bridgehead atoms. The predicted octanol–water partition coefficient (Wildman–Crippen LogP) is 3.36. The number of carbonyl (C=O) groups is 2. The van der Waals surface area contributed by atoms with Gasteiger partial charge in [0.2, 0.25) is 0 Å². The monoisotopic (exact) mass is 279 g/mol. The van der Waals surface area contributed by atoms with Gasteiger partial charge in [-0.25, -0.2) is 0 Å². The Hall–Kier alpha value is -0.700. The minimum absolute atomic E-state index is 0.213. The van der Waals surface area contributed by atoms with Crippen molar-refractivity contribution in [1.29, 1.82) is 0 Å². The van der Waals surface area contributed by atoms with E-state index in [4.69, 9.17) is 0 Å². The highest BCUT2D eigenvalue weighted by Gasteiger charge is 2.54. The third-order valence-electron chi connectivity index (χ3n) is 5.18. The first kappa shape index (κ1) is 15.7. The largest absolute Gasteiger partial charge is 0.297 e. The van der Waals surface area contributed by atoms with Gasteiger partial charge in [0.15, 0.2) is 11.6 Å². The number of ketones is 2. The number of rotatable bonds is 8. The molecule has 0 aromatic heterocycles. The van der Waals surface area contributed by atoms with Crippen molar-refractivity contribution in [3.8, 4) is 0 Å². The van der Waals surface area contributed by atoms with Crippen LogP contribution in [0.3, 0.4) is 0 Å². The summed E-state index contributed by atoms with van der Waals surface area (Å²) in [6, 6.07) is 0. The molecule has 0 saturated carbocycles. The molecule has 3 heteroatoms. The molecule has 3 fully saturated rings. The smallest absolute Gasteiger partial charge is 0.160 e. The normalized spacial score (nSPS) is 27.5. The first-order chi connectivity index (χ1) is 9.65. The van der Waals surface area contributed by atoms with Crippen LogP contribution in [0.1, 0.15) is 71.6 Å². The van der Waals surface area contributed by atoms with E-state index in [1.807, 2.05) is 0 Å². The molecule has 3 nitrogen and oxygen atoms in total. The van der Waals surface area contributed by atoms with Crippen LogP contribution in [0.25, 0.3) is 0 Å². The number of fused-ring (bicyclic) bond motifs is 3. The number of carbonyl (C=O) groups excluding carboxylic acids is 2. The Morgan fingerprint density at radius 2 is 1.50 bits per heavy atom. The molecule has 20 heavy (non-hydrogen) atoms. The van der Waals surface area contributed by atoms with Crippen LogP contribution in [0.4, 0.5) is 0 Å². The summed E-state index contributed by atoms with van der Waals surface area (Å²) < 4.78 is 0. The number of unbranched alkanes of at least 4 members (excludes halogenated alkanes) is 2. The lowest BCUT2D eigenvalue weighted by molar-refractivity contribution is -0.153. The van der Waals surface area contributed by atoms with Crippen molar-refractivity contribution in [1.82, 2.24) is 4.90 Å². The topological polar surface area (TPSA) is 37.4 Å². The molecule has 0 amide bonds. The Kier molecular flexibility index (Phi) is 5.36. The molecule has 0 N–H and O–H groups in total. The molecule has 3 aliphatic heterocycles. The van der Waals surface area contributed by atoms with E-state index >= 15 is 0 Å². The van der Waals surface area contributed by atoms with Gasteiger partial charge in [-0.05, 0) is 51.1 Å². The second kappa shape index (κ2) is 6.84. The molecule has 0 aromatic carbocycles. The van der Waals surface area contributed by atoms with Crippen molar-refractivity contribution in [2.24, 2.45) is 5.92 Å². The van der Waals surface area contributed by atoms with Gasteiger partial charge in [0.1, 0.15) is 5.54 Å². The van der Waals surface area contributed by atoms with Gasteiger partial charge in [-0.3, -0.25) is 14.5 Å². The minimum atomic E-state index is -0.731. The van der Waals surface area contributed by atoms with Crippen LogP contribution >= 0.6 is 0 Å². The van der Waals surface area contributed by atoms with E-state index in [-0.39, 0.29) is 11.6 Å². The van der Waals surface area contributed by atoms with Gasteiger partial charge in [0.05, 0.1) is 0 Å². The van der Waals surface area contributed by atoms with E-state index in [2.05, 4.69) is 18.7 Å². The maximum atomic E-state index is 12.8. The predicted molar refractivity (Wildman–Crippen MR) is 80.7 cm³/mol. The molecule has 0 radical (unpaired) electrons. The molecular formula is C17H29NO2. The van der Waals surface area contributed by atoms with Crippen molar-refractivity contribution in [3.63, 3.8) is 0 Å². The summed E-state index contributed by atoms with van der Waals surface area (Å²) in [7, 11) is 0. The Labute approximate surface area is 123 Å². The fourth-order valence-corrected chi connectivity index (χ4v) is 3.89. The van der Waals surface area contributed by atoms with Crippen LogP contribution in [-0.2, 0) is 9.59 Å². The maximum Gasteiger partial charge on any atom is 0.160 e. The summed E-state index contributed by atoms with van der Waals surface area (Å²) >= 11 is 0. The molecule has 3 heterocycles. The average Bonchev–Trinajstić information content (AvgIpc) is 2.50. The summed E-state index contributed by atoms with van der Waals surface area (Å²) in [5.41, 5.74) is -0.731. The molecule has 3 rings (SSSR count). The third kappa shape index (κ3) is 2.83. The lowest BCUT2D eigenvalue weighted by Gasteiger charge is -2.52. The number of hydrogen-bond acceptors (Lipinski definition) is 3. The summed E-state index contributed by atoms with van der Waals surface area (Å²) in [5.74, 6) is 1.02. The zero-order chi connectivity index (χ0) is 14.6. The summed E-state index contributed by atoms with van der Waals surface area (Å²) in [5, 5.41) is 0. The second-order valence-corrected chi connectivity index (χ2v) is 6.55. The van der Waals surface area contributed by atoms with Gasteiger partial charge in [-0.1, -0.05) is 26.7 Å². The fraction of sp³-hybridized carbons (Fsp3) is 0.882. The summed E-state index contributed by atoms with van der Waals surface area (Å²) in [6.07, 6.45) is 8.18. The second-order valence-electron chi connectivity index (χ2n) is 6.55. The highest BCUT2D eigenvalue weighted by molar-refractivity contribution is 6.11. The minimum Gasteiger partial charge on any atom is -0.297 e. The van der Waals surface area contributed by atoms with E-state index in [9.17, 15) is 9.59 Å². The first-order valence-corrected chi connectivity index (χ1v) is 8.46. The van der Waals surface area contributed by atoms with Crippen LogP contribution in [0.15, 0.2) is 0 Å². The average molecular weight is 279 g/mol. The highest BCUT2D eigenvalue weighted by Crippen LogP contribution is 2.42. The molecule has 3 aliphatic rings. The molecule has 0 spiro atoms. The molecule has 3 saturated heterocycles. The van der Waals surface area contributed by atoms with Gasteiger partial charge in [-0.15, -0.1) is 0 Å². The van der Waals surface area contributed by atoms with Gasteiger partial charge < -0.3 is 0 Å². The number of Topliss-reactive ketones (excluding diaryl/α,β-unsaturated/α-hetero) is 2. The maximum absolute atomic E-state index is 12.8. The lowest BCUT2D eigenvalue weighted by atomic mass is 9.68. The summed E-state index contributed by atoms with van der Waals surface area (Å²) in [4.78, 5) is 27.8. The number of hydrogen-bond donors (Lipinski definition) is 0. The lowest BCUT2D eigenvalue weighted by Crippen LogP contribution is -2.66. The van der Waals surface area contributed by atoms with Gasteiger partial charge in [0.25, 0.3) is 0 Å². The van der Waals surface area contributed by atoms with E-state index in [0.717, 1.165) is 45.2 Å². The van der Waals surface area contributed by atoms with E-state index in [1.54, 1.807) is 0 Å². The van der Waals surface area contributed by atoms with Gasteiger partial charge >= 0.3 is 0 Å². The van der Waals surface area contributed by atoms with Gasteiger partial charge in [-0.2, -0.15) is 0 Å². The zero-order valence-electron chi connectivity index (χ0n) is 13.1. The van der Waals surface area contributed by atoms with Crippen molar-refractivity contribution in [3.05, 3.63) is 0 Å². The standard InChI is InChI=1S/C17H29NO2/c1-3-5-7-15(19)17(16(20)8-6-4-2)13-14-9-11-18(17)12-10-14/h14H,3-13H2,1-2H3. The van der Waals surface area contributed by atoms with Crippen molar-refractivity contribution in [2.45, 2.75) is 77.2 Å². The Balaban J connectivity index is 2.19. The SMILES string of the molecule is CCCCC(=O)C1(C(=O)CCCC)CC2CCN1CC2. The van der Waals surface area contributed by atoms with Crippen molar-refractivity contribution in [2.75, 3.05) is 13.1 Å². The third-order valence-corrected chi connectivity index (χ3v) is 5.18. The van der Waals surface area contributed by atoms with Crippen LogP contribution in [0.2, 0.25) is 0 Å². The summed E-state index contributed by atoms with van der Waals surface area (Å²) in [6.45, 7) is 6.10. The van der Waals surface area contributed by atoms with Crippen LogP contribution in [-0.4, -0.2) is 35.1 Å². The quantitative estimate of drug-likeness (QED) is 0.639. The Morgan fingerprint density at radius 1 is 1.00 bits per heavy atom. The Bertz CT molecular complexity index is 336. The van der Waals surface area contributed by atoms with Crippen molar-refractivity contribution >= 4 is 11.6 Å². The molecule has 114 valence electrons. The van der Waals surface area contributed by atoms with Crippen molar-refractivity contribution < 1.29 is 9.59 Å². The molecule has 0 atom stereocenters. The zero-order valence-corrected chi connectivity index (χ0v) is 13.1. The van der Waals surface area contributed by atoms with E-state index < -0.39 is 5.54 Å². The first-order valence-electron chi connectivity index (χ1n) is 8.46.